The number of imidazole rings is 1. The fraction of sp³-hybridized carbons (Fsp3) is 0.167. The number of fused-ring (bicyclic) bond motifs is 1. The topological polar surface area (TPSA) is 72.2 Å². The molecule has 0 atom stereocenters. The fourth-order valence-corrected chi connectivity index (χ4v) is 2.41. The molecule has 3 aromatic heterocycles. The molecule has 3 aromatic rings. The van der Waals surface area contributed by atoms with Gasteiger partial charge in [0.15, 0.2) is 0 Å². The fourth-order valence-electron chi connectivity index (χ4n) is 1.68. The van der Waals surface area contributed by atoms with Gasteiger partial charge in [0.1, 0.15) is 10.7 Å². The van der Waals surface area contributed by atoms with Crippen molar-refractivity contribution in [3.8, 4) is 0 Å². The molecule has 96 valence electrons. The number of rotatable bonds is 3. The molecular formula is C12H11N5OS. The third kappa shape index (κ3) is 2.45. The highest BCUT2D eigenvalue weighted by molar-refractivity contribution is 7.16. The maximum absolute atomic E-state index is 11.9. The zero-order valence-electron chi connectivity index (χ0n) is 10.2. The summed E-state index contributed by atoms with van der Waals surface area (Å²) in [5.41, 5.74) is 1.33. The third-order valence-corrected chi connectivity index (χ3v) is 3.39. The molecule has 6 nitrogen and oxygen atoms in total. The number of aryl methyl sites for hydroxylation is 1. The van der Waals surface area contributed by atoms with Crippen LogP contribution in [0.3, 0.4) is 0 Å². The molecule has 19 heavy (non-hydrogen) atoms. The number of nitrogens with one attached hydrogen (secondary N) is 1. The van der Waals surface area contributed by atoms with E-state index in [-0.39, 0.29) is 5.91 Å². The summed E-state index contributed by atoms with van der Waals surface area (Å²) in [5.74, 6) is -0.209. The van der Waals surface area contributed by atoms with Gasteiger partial charge in [0, 0.05) is 18.9 Å². The highest BCUT2D eigenvalue weighted by atomic mass is 32.1. The second kappa shape index (κ2) is 4.77. The average molecular weight is 273 g/mol. The standard InChI is InChI=1S/C12H11N5OS/c1-8-16-17-7-10(15-12(17)19-8)11(18)14-6-9-3-2-4-13-5-9/h2-5,7H,6H2,1H3,(H,14,18). The van der Waals surface area contributed by atoms with Crippen LogP contribution in [0.4, 0.5) is 0 Å². The van der Waals surface area contributed by atoms with Gasteiger partial charge in [0.05, 0.1) is 6.20 Å². The first kappa shape index (κ1) is 11.8. The van der Waals surface area contributed by atoms with Crippen LogP contribution in [-0.4, -0.2) is 25.5 Å². The summed E-state index contributed by atoms with van der Waals surface area (Å²) in [4.78, 5) is 20.9. The lowest BCUT2D eigenvalue weighted by Crippen LogP contribution is -2.23. The summed E-state index contributed by atoms with van der Waals surface area (Å²) in [5, 5.41) is 7.94. The molecule has 0 saturated heterocycles. The van der Waals surface area contributed by atoms with Crippen molar-refractivity contribution in [2.24, 2.45) is 0 Å². The van der Waals surface area contributed by atoms with Gasteiger partial charge in [-0.2, -0.15) is 5.10 Å². The van der Waals surface area contributed by atoms with E-state index in [4.69, 9.17) is 0 Å². The number of nitrogens with zero attached hydrogens (tertiary/aromatic N) is 4. The highest BCUT2D eigenvalue weighted by Gasteiger charge is 2.12. The zero-order valence-corrected chi connectivity index (χ0v) is 11.0. The monoisotopic (exact) mass is 273 g/mol. The Hall–Kier alpha value is -2.28. The van der Waals surface area contributed by atoms with Crippen molar-refractivity contribution in [3.05, 3.63) is 47.0 Å². The van der Waals surface area contributed by atoms with Gasteiger partial charge in [-0.1, -0.05) is 17.4 Å². The first-order chi connectivity index (χ1) is 9.22. The second-order valence-electron chi connectivity index (χ2n) is 4.02. The molecule has 0 aliphatic rings. The molecule has 1 N–H and O–H groups in total. The molecule has 0 bridgehead atoms. The normalized spacial score (nSPS) is 10.8. The van der Waals surface area contributed by atoms with Crippen molar-refractivity contribution < 1.29 is 4.79 Å². The zero-order chi connectivity index (χ0) is 13.2. The Morgan fingerprint density at radius 2 is 2.42 bits per heavy atom. The van der Waals surface area contributed by atoms with Crippen LogP contribution in [0.2, 0.25) is 0 Å². The maximum atomic E-state index is 11.9. The Morgan fingerprint density at radius 1 is 1.53 bits per heavy atom. The van der Waals surface area contributed by atoms with E-state index < -0.39 is 0 Å². The molecule has 0 aromatic carbocycles. The van der Waals surface area contributed by atoms with Crippen LogP contribution in [0.15, 0.2) is 30.7 Å². The van der Waals surface area contributed by atoms with Crippen LogP contribution >= 0.6 is 11.3 Å². The van der Waals surface area contributed by atoms with Crippen molar-refractivity contribution >= 4 is 22.2 Å². The number of carbonyl (C=O) groups excluding carboxylic acids is 1. The van der Waals surface area contributed by atoms with Crippen LogP contribution in [-0.2, 0) is 6.54 Å². The van der Waals surface area contributed by atoms with E-state index in [0.29, 0.717) is 12.2 Å². The number of amides is 1. The van der Waals surface area contributed by atoms with E-state index in [0.717, 1.165) is 15.5 Å². The van der Waals surface area contributed by atoms with Gasteiger partial charge < -0.3 is 5.32 Å². The quantitative estimate of drug-likeness (QED) is 0.783. The first-order valence-corrected chi connectivity index (χ1v) is 6.54. The lowest BCUT2D eigenvalue weighted by atomic mass is 10.3. The molecule has 0 aliphatic carbocycles. The molecule has 3 heterocycles. The summed E-state index contributed by atoms with van der Waals surface area (Å²) < 4.78 is 1.62. The molecule has 1 amide bonds. The molecule has 3 rings (SSSR count). The lowest BCUT2D eigenvalue weighted by Gasteiger charge is -2.02. The maximum Gasteiger partial charge on any atom is 0.271 e. The minimum Gasteiger partial charge on any atom is -0.347 e. The summed E-state index contributed by atoms with van der Waals surface area (Å²) in [6, 6.07) is 3.74. The van der Waals surface area contributed by atoms with E-state index >= 15 is 0 Å². The minimum absolute atomic E-state index is 0.209. The van der Waals surface area contributed by atoms with E-state index in [9.17, 15) is 4.79 Å². The predicted molar refractivity (Wildman–Crippen MR) is 71.0 cm³/mol. The van der Waals surface area contributed by atoms with Crippen LogP contribution in [0.5, 0.6) is 0 Å². The average Bonchev–Trinajstić information content (AvgIpc) is 2.94. The molecule has 0 aliphatic heterocycles. The molecule has 7 heteroatoms. The van der Waals surface area contributed by atoms with Gasteiger partial charge in [0.25, 0.3) is 5.91 Å². The van der Waals surface area contributed by atoms with Crippen molar-refractivity contribution in [2.75, 3.05) is 0 Å². The van der Waals surface area contributed by atoms with E-state index in [1.165, 1.54) is 11.3 Å². The molecule has 0 radical (unpaired) electrons. The summed E-state index contributed by atoms with van der Waals surface area (Å²) in [7, 11) is 0. The van der Waals surface area contributed by atoms with Crippen molar-refractivity contribution in [1.82, 2.24) is 24.9 Å². The Labute approximate surface area is 113 Å². The van der Waals surface area contributed by atoms with E-state index in [1.807, 2.05) is 19.1 Å². The Bertz CT molecular complexity index is 687. The van der Waals surface area contributed by atoms with Gasteiger partial charge in [-0.25, -0.2) is 9.50 Å². The van der Waals surface area contributed by atoms with Gasteiger partial charge in [-0.3, -0.25) is 9.78 Å². The van der Waals surface area contributed by atoms with Crippen LogP contribution in [0.25, 0.3) is 4.96 Å². The molecule has 0 fully saturated rings. The largest absolute Gasteiger partial charge is 0.347 e. The minimum atomic E-state index is -0.209. The van der Waals surface area contributed by atoms with Crippen molar-refractivity contribution in [2.45, 2.75) is 13.5 Å². The SMILES string of the molecule is Cc1nn2cc(C(=O)NCc3cccnc3)nc2s1. The van der Waals surface area contributed by atoms with Crippen LogP contribution in [0, 0.1) is 6.92 Å². The third-order valence-electron chi connectivity index (χ3n) is 2.55. The van der Waals surface area contributed by atoms with Crippen molar-refractivity contribution in [3.63, 3.8) is 0 Å². The number of hydrogen-bond acceptors (Lipinski definition) is 5. The summed E-state index contributed by atoms with van der Waals surface area (Å²) in [6.45, 7) is 2.34. The molecule has 0 saturated carbocycles. The van der Waals surface area contributed by atoms with Crippen molar-refractivity contribution in [1.29, 1.82) is 0 Å². The number of hydrogen-bond donors (Lipinski definition) is 1. The Kier molecular flexibility index (Phi) is 2.96. The molecule has 0 spiro atoms. The van der Waals surface area contributed by atoms with Gasteiger partial charge in [-0.15, -0.1) is 0 Å². The van der Waals surface area contributed by atoms with Gasteiger partial charge in [0.2, 0.25) is 4.96 Å². The first-order valence-electron chi connectivity index (χ1n) is 5.72. The second-order valence-corrected chi connectivity index (χ2v) is 5.18. The smallest absolute Gasteiger partial charge is 0.271 e. The van der Waals surface area contributed by atoms with E-state index in [1.54, 1.807) is 23.1 Å². The Balaban J connectivity index is 1.71. The lowest BCUT2D eigenvalue weighted by molar-refractivity contribution is 0.0946. The highest BCUT2D eigenvalue weighted by Crippen LogP contribution is 2.13. The van der Waals surface area contributed by atoms with E-state index in [2.05, 4.69) is 20.4 Å². The van der Waals surface area contributed by atoms with Gasteiger partial charge in [-0.05, 0) is 18.6 Å². The Morgan fingerprint density at radius 3 is 3.16 bits per heavy atom. The number of carbonyl (C=O) groups is 1. The summed E-state index contributed by atoms with van der Waals surface area (Å²) in [6.07, 6.45) is 5.05. The number of pyridine rings is 1. The molecule has 0 unspecified atom stereocenters. The molecular weight excluding hydrogens is 262 g/mol. The predicted octanol–water partition coefficient (Wildman–Crippen LogP) is 1.42. The number of aromatic nitrogens is 4. The summed E-state index contributed by atoms with van der Waals surface area (Å²) >= 11 is 1.46. The van der Waals surface area contributed by atoms with Crippen LogP contribution in [0.1, 0.15) is 21.1 Å². The van der Waals surface area contributed by atoms with Crippen LogP contribution < -0.4 is 5.32 Å². The van der Waals surface area contributed by atoms with Gasteiger partial charge >= 0.3 is 0 Å².